The van der Waals surface area contributed by atoms with E-state index in [1.165, 1.54) is 12.1 Å². The van der Waals surface area contributed by atoms with E-state index in [0.29, 0.717) is 31.8 Å². The molecule has 0 saturated carbocycles. The molecule has 1 N–H and O–H groups in total. The fourth-order valence-corrected chi connectivity index (χ4v) is 2.65. The van der Waals surface area contributed by atoms with Crippen LogP contribution in [0.15, 0.2) is 18.2 Å². The van der Waals surface area contributed by atoms with Crippen molar-refractivity contribution in [1.82, 2.24) is 9.80 Å². The molecule has 1 atom stereocenters. The quantitative estimate of drug-likeness (QED) is 0.875. The highest BCUT2D eigenvalue weighted by Crippen LogP contribution is 2.16. The summed E-state index contributed by atoms with van der Waals surface area (Å²) in [6.45, 7) is 3.28. The number of halogens is 1. The molecule has 1 aromatic carbocycles. The number of aliphatic carboxylic acids is 1. The molecule has 0 aromatic heterocycles. The van der Waals surface area contributed by atoms with E-state index in [2.05, 4.69) is 0 Å². The summed E-state index contributed by atoms with van der Waals surface area (Å²) in [5.74, 6) is -1.58. The van der Waals surface area contributed by atoms with Crippen LogP contribution in [-0.4, -0.2) is 72.7 Å². The molecule has 1 amide bonds. The molecular formula is C16H21FN2O4. The molecule has 1 saturated heterocycles. The molecule has 1 unspecified atom stereocenters. The van der Waals surface area contributed by atoms with Crippen LogP contribution < -0.4 is 0 Å². The average molecular weight is 324 g/mol. The zero-order chi connectivity index (χ0) is 17.0. The number of ether oxygens (including phenoxy) is 1. The number of aryl methyl sites for hydroxylation is 1. The van der Waals surface area contributed by atoms with Crippen molar-refractivity contribution in [2.45, 2.75) is 13.0 Å². The normalized spacial score (nSPS) is 18.3. The van der Waals surface area contributed by atoms with Gasteiger partial charge in [-0.15, -0.1) is 0 Å². The largest absolute Gasteiger partial charge is 0.480 e. The van der Waals surface area contributed by atoms with Gasteiger partial charge in [0.15, 0.2) is 0 Å². The fraction of sp³-hybridized carbons (Fsp3) is 0.500. The lowest BCUT2D eigenvalue weighted by molar-refractivity contribution is -0.138. The number of rotatable bonds is 5. The third-order valence-electron chi connectivity index (χ3n) is 3.78. The maximum Gasteiger partial charge on any atom is 0.317 e. The number of hydrogen-bond acceptors (Lipinski definition) is 4. The van der Waals surface area contributed by atoms with Gasteiger partial charge in [-0.2, -0.15) is 0 Å². The number of amides is 1. The van der Waals surface area contributed by atoms with Crippen molar-refractivity contribution in [1.29, 1.82) is 0 Å². The molecule has 0 bridgehead atoms. The molecule has 0 radical (unpaired) electrons. The average Bonchev–Trinajstić information content (AvgIpc) is 2.48. The minimum atomic E-state index is -0.911. The molecule has 1 aliphatic rings. The third-order valence-corrected chi connectivity index (χ3v) is 3.78. The lowest BCUT2D eigenvalue weighted by Gasteiger charge is -2.34. The highest BCUT2D eigenvalue weighted by Gasteiger charge is 2.27. The van der Waals surface area contributed by atoms with Crippen molar-refractivity contribution in [3.05, 3.63) is 35.1 Å². The Hall–Kier alpha value is -1.99. The number of carboxylic acid groups (broad SMARTS) is 1. The number of morpholine rings is 1. The monoisotopic (exact) mass is 324 g/mol. The molecule has 23 heavy (non-hydrogen) atoms. The van der Waals surface area contributed by atoms with Crippen LogP contribution in [0, 0.1) is 12.7 Å². The maximum absolute atomic E-state index is 13.4. The van der Waals surface area contributed by atoms with E-state index in [4.69, 9.17) is 9.84 Å². The summed E-state index contributed by atoms with van der Waals surface area (Å²) in [6, 6.07) is 4.16. The van der Waals surface area contributed by atoms with E-state index in [0.717, 1.165) is 5.56 Å². The summed E-state index contributed by atoms with van der Waals surface area (Å²) in [6.07, 6.45) is -0.258. The minimum Gasteiger partial charge on any atom is -0.480 e. The van der Waals surface area contributed by atoms with Crippen LogP contribution in [0.3, 0.4) is 0 Å². The first-order valence-electron chi connectivity index (χ1n) is 7.44. The molecular weight excluding hydrogens is 303 g/mol. The minimum absolute atomic E-state index is 0.0865. The Kier molecular flexibility index (Phi) is 5.68. The third kappa shape index (κ3) is 4.74. The molecule has 2 rings (SSSR count). The number of carbonyl (C=O) groups is 2. The summed E-state index contributed by atoms with van der Waals surface area (Å²) < 4.78 is 19.0. The van der Waals surface area contributed by atoms with Gasteiger partial charge < -0.3 is 14.7 Å². The Bertz CT molecular complexity index is 593. The number of benzene rings is 1. The van der Waals surface area contributed by atoms with Crippen LogP contribution in [0.5, 0.6) is 0 Å². The first kappa shape index (κ1) is 17.4. The van der Waals surface area contributed by atoms with Gasteiger partial charge in [0.1, 0.15) is 5.82 Å². The van der Waals surface area contributed by atoms with E-state index >= 15 is 0 Å². The topological polar surface area (TPSA) is 70.1 Å². The Labute approximate surface area is 134 Å². The molecule has 126 valence electrons. The van der Waals surface area contributed by atoms with Crippen molar-refractivity contribution >= 4 is 11.9 Å². The van der Waals surface area contributed by atoms with Crippen molar-refractivity contribution in [3.63, 3.8) is 0 Å². The molecule has 1 aliphatic heterocycles. The van der Waals surface area contributed by atoms with Gasteiger partial charge in [-0.3, -0.25) is 14.5 Å². The highest BCUT2D eigenvalue weighted by molar-refractivity contribution is 5.95. The molecule has 0 spiro atoms. The zero-order valence-electron chi connectivity index (χ0n) is 13.3. The van der Waals surface area contributed by atoms with E-state index < -0.39 is 11.8 Å². The van der Waals surface area contributed by atoms with Crippen molar-refractivity contribution in [3.8, 4) is 0 Å². The number of carboxylic acids is 1. The smallest absolute Gasteiger partial charge is 0.317 e. The SMILES string of the molecule is Cc1ccc(F)cc1C(=O)N1CCOC(CN(C)CC(=O)O)C1. The van der Waals surface area contributed by atoms with Gasteiger partial charge in [0.05, 0.1) is 19.3 Å². The summed E-state index contributed by atoms with van der Waals surface area (Å²) >= 11 is 0. The molecule has 6 nitrogen and oxygen atoms in total. The van der Waals surface area contributed by atoms with Gasteiger partial charge >= 0.3 is 5.97 Å². The van der Waals surface area contributed by atoms with Gasteiger partial charge in [0.25, 0.3) is 5.91 Å². The maximum atomic E-state index is 13.4. The second kappa shape index (κ2) is 7.52. The van der Waals surface area contributed by atoms with Crippen molar-refractivity contribution in [2.24, 2.45) is 0 Å². The van der Waals surface area contributed by atoms with Crippen LogP contribution in [0.25, 0.3) is 0 Å². The Morgan fingerprint density at radius 3 is 2.91 bits per heavy atom. The van der Waals surface area contributed by atoms with E-state index in [1.807, 2.05) is 0 Å². The van der Waals surface area contributed by atoms with Gasteiger partial charge in [0.2, 0.25) is 0 Å². The predicted molar refractivity (Wildman–Crippen MR) is 81.9 cm³/mol. The molecule has 0 aliphatic carbocycles. The van der Waals surface area contributed by atoms with Crippen LogP contribution in [0.1, 0.15) is 15.9 Å². The summed E-state index contributed by atoms with van der Waals surface area (Å²) in [5.41, 5.74) is 1.08. The molecule has 7 heteroatoms. The van der Waals surface area contributed by atoms with Crippen LogP contribution in [0.4, 0.5) is 4.39 Å². The number of carbonyl (C=O) groups excluding carboxylic acids is 1. The number of nitrogens with zero attached hydrogens (tertiary/aromatic N) is 2. The van der Waals surface area contributed by atoms with Gasteiger partial charge in [-0.05, 0) is 31.7 Å². The van der Waals surface area contributed by atoms with E-state index in [1.54, 1.807) is 29.8 Å². The Morgan fingerprint density at radius 1 is 1.48 bits per heavy atom. The molecule has 1 aromatic rings. The number of likely N-dealkylation sites (N-methyl/N-ethyl adjacent to an activating group) is 1. The summed E-state index contributed by atoms with van der Waals surface area (Å²) in [7, 11) is 1.69. The van der Waals surface area contributed by atoms with Crippen molar-refractivity contribution in [2.75, 3.05) is 39.8 Å². The predicted octanol–water partition coefficient (Wildman–Crippen LogP) is 0.992. The highest BCUT2D eigenvalue weighted by atomic mass is 19.1. The van der Waals surface area contributed by atoms with Crippen molar-refractivity contribution < 1.29 is 23.8 Å². The fourth-order valence-electron chi connectivity index (χ4n) is 2.65. The second-order valence-electron chi connectivity index (χ2n) is 5.79. The molecule has 1 heterocycles. The second-order valence-corrected chi connectivity index (χ2v) is 5.79. The lowest BCUT2D eigenvalue weighted by Crippen LogP contribution is -2.49. The summed E-state index contributed by atoms with van der Waals surface area (Å²) in [5, 5.41) is 8.78. The van der Waals surface area contributed by atoms with Crippen LogP contribution >= 0.6 is 0 Å². The Balaban J connectivity index is 2.01. The standard InChI is InChI=1S/C16H21FN2O4/c1-11-3-4-12(17)7-14(11)16(22)19-5-6-23-13(9-19)8-18(2)10-15(20)21/h3-4,7,13H,5-6,8-10H2,1-2H3,(H,20,21). The van der Waals surface area contributed by atoms with Crippen LogP contribution in [-0.2, 0) is 9.53 Å². The van der Waals surface area contributed by atoms with E-state index in [9.17, 15) is 14.0 Å². The van der Waals surface area contributed by atoms with E-state index in [-0.39, 0.29) is 18.6 Å². The van der Waals surface area contributed by atoms with Gasteiger partial charge in [-0.1, -0.05) is 6.07 Å². The first-order chi connectivity index (χ1) is 10.9. The number of hydrogen-bond donors (Lipinski definition) is 1. The van der Waals surface area contributed by atoms with Gasteiger partial charge in [-0.25, -0.2) is 4.39 Å². The van der Waals surface area contributed by atoms with Crippen LogP contribution in [0.2, 0.25) is 0 Å². The molecule has 1 fully saturated rings. The Morgan fingerprint density at radius 2 is 2.22 bits per heavy atom. The first-order valence-corrected chi connectivity index (χ1v) is 7.44. The zero-order valence-corrected chi connectivity index (χ0v) is 13.3. The van der Waals surface area contributed by atoms with Gasteiger partial charge in [0, 0.05) is 25.2 Å². The lowest BCUT2D eigenvalue weighted by atomic mass is 10.1. The summed E-state index contributed by atoms with van der Waals surface area (Å²) in [4.78, 5) is 26.5.